The Labute approximate surface area is 136 Å². The van der Waals surface area contributed by atoms with Crippen LogP contribution in [0.5, 0.6) is 11.5 Å². The van der Waals surface area contributed by atoms with Crippen LogP contribution in [0.15, 0.2) is 36.4 Å². The molecular weight excluding hydrogens is 290 g/mol. The van der Waals surface area contributed by atoms with Gasteiger partial charge in [0.1, 0.15) is 0 Å². The predicted molar refractivity (Wildman–Crippen MR) is 88.0 cm³/mol. The van der Waals surface area contributed by atoms with Gasteiger partial charge in [0.2, 0.25) is 5.78 Å². The number of aryl methyl sites for hydroxylation is 2. The van der Waals surface area contributed by atoms with Gasteiger partial charge in [-0.25, -0.2) is 0 Å². The average molecular weight is 309 g/mol. The number of ketones is 1. The van der Waals surface area contributed by atoms with E-state index in [2.05, 4.69) is 0 Å². The lowest BCUT2D eigenvalue weighted by Gasteiger charge is -2.16. The maximum Gasteiger partial charge on any atom is 0.203 e. The quantitative estimate of drug-likeness (QED) is 0.787. The summed E-state index contributed by atoms with van der Waals surface area (Å²) in [6.45, 7) is 5.68. The zero-order valence-corrected chi connectivity index (χ0v) is 13.7. The molecule has 4 heteroatoms. The maximum atomic E-state index is 12.5. The number of ether oxygens (including phenoxy) is 2. The Morgan fingerprint density at radius 3 is 2.43 bits per heavy atom. The van der Waals surface area contributed by atoms with E-state index in [9.17, 15) is 4.79 Å². The Hall–Kier alpha value is -2.80. The molecule has 0 radical (unpaired) electrons. The smallest absolute Gasteiger partial charge is 0.203 e. The second-order valence-corrected chi connectivity index (χ2v) is 5.40. The average Bonchev–Trinajstić information content (AvgIpc) is 2.56. The van der Waals surface area contributed by atoms with E-state index in [1.807, 2.05) is 32.0 Å². The summed E-state index contributed by atoms with van der Waals surface area (Å²) in [5.74, 6) is 0.777. The number of benzene rings is 2. The summed E-state index contributed by atoms with van der Waals surface area (Å²) in [5.41, 5.74) is 3.30. The van der Waals surface area contributed by atoms with Crippen LogP contribution in [-0.2, 0) is 0 Å². The Morgan fingerprint density at radius 2 is 1.83 bits per heavy atom. The van der Waals surface area contributed by atoms with Crippen molar-refractivity contribution in [3.05, 3.63) is 58.7 Å². The number of carbonyl (C=O) groups is 1. The number of hydrogen-bond donors (Lipinski definition) is 0. The molecule has 0 bridgehead atoms. The van der Waals surface area contributed by atoms with Gasteiger partial charge in [-0.15, -0.1) is 0 Å². The summed E-state index contributed by atoms with van der Waals surface area (Å²) in [7, 11) is 1.50. The molecule has 0 saturated carbocycles. The van der Waals surface area contributed by atoms with Crippen LogP contribution in [0.1, 0.15) is 34.0 Å². The van der Waals surface area contributed by atoms with Crippen LogP contribution >= 0.6 is 0 Å². The fourth-order valence-corrected chi connectivity index (χ4v) is 2.21. The van der Waals surface area contributed by atoms with E-state index in [1.54, 1.807) is 31.2 Å². The molecule has 0 aliphatic carbocycles. The van der Waals surface area contributed by atoms with E-state index in [0.29, 0.717) is 22.6 Å². The van der Waals surface area contributed by atoms with Crippen molar-refractivity contribution in [3.63, 3.8) is 0 Å². The van der Waals surface area contributed by atoms with Gasteiger partial charge in [-0.05, 0) is 50.1 Å². The van der Waals surface area contributed by atoms with Crippen molar-refractivity contribution >= 4 is 5.78 Å². The fourth-order valence-electron chi connectivity index (χ4n) is 2.21. The Morgan fingerprint density at radius 1 is 1.09 bits per heavy atom. The highest BCUT2D eigenvalue weighted by Crippen LogP contribution is 2.29. The molecule has 2 rings (SSSR count). The van der Waals surface area contributed by atoms with Gasteiger partial charge in [-0.1, -0.05) is 12.1 Å². The summed E-state index contributed by atoms with van der Waals surface area (Å²) >= 11 is 0. The summed E-state index contributed by atoms with van der Waals surface area (Å²) in [5, 5.41) is 8.92. The minimum Gasteiger partial charge on any atom is -0.493 e. The third-order valence-corrected chi connectivity index (χ3v) is 3.76. The van der Waals surface area contributed by atoms with Gasteiger partial charge in [0.25, 0.3) is 0 Å². The predicted octanol–water partition coefficient (Wildman–Crippen LogP) is 3.83. The third kappa shape index (κ3) is 3.70. The Balaban J connectivity index is 2.21. The highest BCUT2D eigenvalue weighted by Gasteiger charge is 2.19. The van der Waals surface area contributed by atoms with Crippen LogP contribution in [0.25, 0.3) is 0 Å². The molecule has 0 spiro atoms. The third-order valence-electron chi connectivity index (χ3n) is 3.76. The van der Waals surface area contributed by atoms with Gasteiger partial charge in [-0.2, -0.15) is 5.26 Å². The van der Waals surface area contributed by atoms with Gasteiger partial charge in [0, 0.05) is 11.6 Å². The molecule has 0 N–H and O–H groups in total. The summed E-state index contributed by atoms with van der Waals surface area (Å²) in [6.07, 6.45) is -0.654. The molecule has 2 aromatic rings. The molecule has 23 heavy (non-hydrogen) atoms. The minimum atomic E-state index is -0.654. The van der Waals surface area contributed by atoms with Gasteiger partial charge in [0.15, 0.2) is 17.6 Å². The highest BCUT2D eigenvalue weighted by atomic mass is 16.5. The van der Waals surface area contributed by atoms with Gasteiger partial charge in [0.05, 0.1) is 18.7 Å². The first-order valence-corrected chi connectivity index (χ1v) is 7.32. The molecule has 0 aromatic heterocycles. The van der Waals surface area contributed by atoms with Crippen molar-refractivity contribution in [2.45, 2.75) is 26.9 Å². The van der Waals surface area contributed by atoms with E-state index in [0.717, 1.165) is 11.1 Å². The first kappa shape index (κ1) is 16.6. The van der Waals surface area contributed by atoms with Gasteiger partial charge in [-0.3, -0.25) is 4.79 Å². The zero-order valence-electron chi connectivity index (χ0n) is 13.7. The lowest BCUT2D eigenvalue weighted by atomic mass is 10.0. The van der Waals surface area contributed by atoms with Crippen molar-refractivity contribution in [2.75, 3.05) is 7.11 Å². The number of nitriles is 1. The van der Waals surface area contributed by atoms with E-state index in [4.69, 9.17) is 14.7 Å². The number of methoxy groups -OCH3 is 1. The summed E-state index contributed by atoms with van der Waals surface area (Å²) in [4.78, 5) is 12.5. The van der Waals surface area contributed by atoms with Crippen molar-refractivity contribution in [1.82, 2.24) is 0 Å². The van der Waals surface area contributed by atoms with E-state index < -0.39 is 6.10 Å². The standard InChI is InChI=1S/C19H19NO3/c1-12-5-7-16(9-13(12)2)19(21)14(3)23-17-8-6-15(11-20)10-18(17)22-4/h5-10,14H,1-4H3/t14-/m0/s1. The molecule has 0 amide bonds. The molecule has 0 saturated heterocycles. The highest BCUT2D eigenvalue weighted by molar-refractivity contribution is 5.99. The topological polar surface area (TPSA) is 59.3 Å². The Kier molecular flexibility index (Phi) is 5.02. The molecule has 0 aliphatic rings. The van der Waals surface area contributed by atoms with Crippen LogP contribution in [0.2, 0.25) is 0 Å². The second-order valence-electron chi connectivity index (χ2n) is 5.40. The maximum absolute atomic E-state index is 12.5. The molecule has 4 nitrogen and oxygen atoms in total. The van der Waals surface area contributed by atoms with Crippen LogP contribution in [0.4, 0.5) is 0 Å². The van der Waals surface area contributed by atoms with Crippen molar-refractivity contribution in [2.24, 2.45) is 0 Å². The first-order valence-electron chi connectivity index (χ1n) is 7.32. The van der Waals surface area contributed by atoms with Gasteiger partial charge < -0.3 is 9.47 Å². The van der Waals surface area contributed by atoms with E-state index in [1.165, 1.54) is 7.11 Å². The van der Waals surface area contributed by atoms with E-state index in [-0.39, 0.29) is 5.78 Å². The van der Waals surface area contributed by atoms with E-state index >= 15 is 0 Å². The number of rotatable bonds is 5. The molecule has 0 heterocycles. The minimum absolute atomic E-state index is 0.0977. The SMILES string of the molecule is COc1cc(C#N)ccc1O[C@@H](C)C(=O)c1ccc(C)c(C)c1. The molecule has 118 valence electrons. The van der Waals surface area contributed by atoms with Crippen molar-refractivity contribution < 1.29 is 14.3 Å². The van der Waals surface area contributed by atoms with Crippen LogP contribution in [0, 0.1) is 25.2 Å². The number of Topliss-reactive ketones (excluding diaryl/α,β-unsaturated/α-hetero) is 1. The number of carbonyl (C=O) groups excluding carboxylic acids is 1. The lowest BCUT2D eigenvalue weighted by Crippen LogP contribution is -2.24. The fraction of sp³-hybridized carbons (Fsp3) is 0.263. The largest absolute Gasteiger partial charge is 0.493 e. The lowest BCUT2D eigenvalue weighted by molar-refractivity contribution is 0.0814. The molecule has 1 atom stereocenters. The Bertz CT molecular complexity index is 775. The van der Waals surface area contributed by atoms with Crippen LogP contribution in [0.3, 0.4) is 0 Å². The molecule has 0 aliphatic heterocycles. The zero-order chi connectivity index (χ0) is 17.0. The first-order chi connectivity index (χ1) is 11.0. The molecular formula is C19H19NO3. The van der Waals surface area contributed by atoms with Gasteiger partial charge >= 0.3 is 0 Å². The summed E-state index contributed by atoms with van der Waals surface area (Å²) in [6, 6.07) is 12.5. The molecule has 0 fully saturated rings. The van der Waals surface area contributed by atoms with Crippen molar-refractivity contribution in [3.8, 4) is 17.6 Å². The normalized spacial score (nSPS) is 11.4. The molecule has 0 unspecified atom stereocenters. The van der Waals surface area contributed by atoms with Crippen LogP contribution in [-0.4, -0.2) is 19.0 Å². The van der Waals surface area contributed by atoms with Crippen LogP contribution < -0.4 is 9.47 Å². The number of nitrogens with zero attached hydrogens (tertiary/aromatic N) is 1. The van der Waals surface area contributed by atoms with Crippen molar-refractivity contribution in [1.29, 1.82) is 5.26 Å². The monoisotopic (exact) mass is 309 g/mol. The number of hydrogen-bond acceptors (Lipinski definition) is 4. The molecule has 2 aromatic carbocycles. The second kappa shape index (κ2) is 6.97. The summed E-state index contributed by atoms with van der Waals surface area (Å²) < 4.78 is 11.0.